The second kappa shape index (κ2) is 8.78. The molecule has 1 fully saturated rings. The number of piperazine rings is 1. The number of nitrogens with zero attached hydrogens (tertiary/aromatic N) is 2. The molecular weight excluding hydrogens is 335 g/mol. The van der Waals surface area contributed by atoms with E-state index in [4.69, 9.17) is 8.83 Å². The predicted molar refractivity (Wildman–Crippen MR) is 96.5 cm³/mol. The molecule has 0 spiro atoms. The molecule has 2 aromatic rings. The summed E-state index contributed by atoms with van der Waals surface area (Å²) in [5, 5.41) is 0. The fourth-order valence-corrected chi connectivity index (χ4v) is 3.01. The number of hydrogen-bond acceptors (Lipinski definition) is 4. The Balaban J connectivity index is 0.00000132. The van der Waals surface area contributed by atoms with Crippen LogP contribution in [-0.4, -0.2) is 35.5 Å². The molecule has 6 heteroatoms. The van der Waals surface area contributed by atoms with Crippen molar-refractivity contribution in [3.05, 3.63) is 47.3 Å². The number of aryl methyl sites for hydroxylation is 2. The third-order valence-electron chi connectivity index (χ3n) is 4.18. The highest BCUT2D eigenvalue weighted by Gasteiger charge is 2.24. The quantitative estimate of drug-likeness (QED) is 0.823. The molecule has 3 heterocycles. The molecule has 130 valence electrons. The highest BCUT2D eigenvalue weighted by atomic mass is 35.5. The van der Waals surface area contributed by atoms with E-state index in [0.717, 1.165) is 55.8 Å². The number of halogens is 2. The van der Waals surface area contributed by atoms with Gasteiger partial charge < -0.3 is 8.83 Å². The average molecular weight is 361 g/mol. The van der Waals surface area contributed by atoms with Gasteiger partial charge in [0.05, 0.1) is 13.1 Å². The third-order valence-corrected chi connectivity index (χ3v) is 4.18. The molecule has 1 atom stereocenters. The van der Waals surface area contributed by atoms with E-state index in [1.54, 1.807) is 0 Å². The molecule has 3 rings (SSSR count). The maximum absolute atomic E-state index is 5.69. The zero-order valence-corrected chi connectivity index (χ0v) is 15.6. The predicted octanol–water partition coefficient (Wildman–Crippen LogP) is 4.04. The van der Waals surface area contributed by atoms with Gasteiger partial charge in [0.2, 0.25) is 0 Å². The average Bonchev–Trinajstić information content (AvgIpc) is 3.02. The van der Waals surface area contributed by atoms with Crippen molar-refractivity contribution in [1.82, 2.24) is 9.80 Å². The molecule has 0 aliphatic carbocycles. The van der Waals surface area contributed by atoms with Gasteiger partial charge in [0.25, 0.3) is 0 Å². The molecule has 0 amide bonds. The van der Waals surface area contributed by atoms with E-state index in [2.05, 4.69) is 28.9 Å². The Hall–Kier alpha value is -0.940. The van der Waals surface area contributed by atoms with Gasteiger partial charge in [0.1, 0.15) is 23.0 Å². The first-order chi connectivity index (χ1) is 10.1. The minimum absolute atomic E-state index is 0. The molecule has 0 radical (unpaired) electrons. The van der Waals surface area contributed by atoms with Crippen molar-refractivity contribution in [2.45, 2.75) is 39.9 Å². The molecule has 0 bridgehead atoms. The fourth-order valence-electron chi connectivity index (χ4n) is 3.01. The molecule has 1 aliphatic heterocycles. The van der Waals surface area contributed by atoms with Gasteiger partial charge in [-0.25, -0.2) is 0 Å². The topological polar surface area (TPSA) is 32.8 Å². The number of rotatable bonds is 4. The summed E-state index contributed by atoms with van der Waals surface area (Å²) in [7, 11) is 0. The second-order valence-corrected chi connectivity index (χ2v) is 6.08. The first-order valence-corrected chi connectivity index (χ1v) is 7.67. The summed E-state index contributed by atoms with van der Waals surface area (Å²) in [5.74, 6) is 4.11. The van der Waals surface area contributed by atoms with Crippen LogP contribution in [0.4, 0.5) is 0 Å². The van der Waals surface area contributed by atoms with Crippen molar-refractivity contribution in [3.8, 4) is 0 Å². The van der Waals surface area contributed by atoms with E-state index in [0.29, 0.717) is 6.04 Å². The highest BCUT2D eigenvalue weighted by Crippen LogP contribution is 2.18. The maximum atomic E-state index is 5.69. The number of furan rings is 2. The molecule has 1 aliphatic rings. The van der Waals surface area contributed by atoms with Gasteiger partial charge in [-0.1, -0.05) is 0 Å². The van der Waals surface area contributed by atoms with Gasteiger partial charge in [-0.05, 0) is 45.0 Å². The molecule has 23 heavy (non-hydrogen) atoms. The lowest BCUT2D eigenvalue weighted by Gasteiger charge is -2.39. The Morgan fingerprint density at radius 1 is 0.913 bits per heavy atom. The molecule has 0 N–H and O–H groups in total. The summed E-state index contributed by atoms with van der Waals surface area (Å²) in [6.45, 7) is 11.3. The Bertz CT molecular complexity index is 597. The van der Waals surface area contributed by atoms with Crippen LogP contribution in [0.5, 0.6) is 0 Å². The van der Waals surface area contributed by atoms with Gasteiger partial charge in [-0.2, -0.15) is 0 Å². The van der Waals surface area contributed by atoms with Crippen molar-refractivity contribution in [2.24, 2.45) is 0 Å². The Kier molecular flexibility index (Phi) is 7.68. The van der Waals surface area contributed by atoms with Crippen LogP contribution in [0.2, 0.25) is 0 Å². The minimum atomic E-state index is 0. The van der Waals surface area contributed by atoms with Crippen LogP contribution in [-0.2, 0) is 13.1 Å². The van der Waals surface area contributed by atoms with Gasteiger partial charge >= 0.3 is 0 Å². The normalized spacial score (nSPS) is 19.2. The molecule has 2 aromatic heterocycles. The van der Waals surface area contributed by atoms with Gasteiger partial charge in [-0.15, -0.1) is 24.8 Å². The standard InChI is InChI=1S/C17H24N2O2.2ClH/c1-13-10-18(11-16-6-4-14(2)20-16)8-9-19(13)12-17-7-5-15(3)21-17;;/h4-7,13H,8-12H2,1-3H3;2*1H. The van der Waals surface area contributed by atoms with Crippen LogP contribution < -0.4 is 0 Å². The van der Waals surface area contributed by atoms with Crippen molar-refractivity contribution >= 4 is 24.8 Å². The summed E-state index contributed by atoms with van der Waals surface area (Å²) in [5.41, 5.74) is 0. The third kappa shape index (κ3) is 5.28. The van der Waals surface area contributed by atoms with E-state index < -0.39 is 0 Å². The highest BCUT2D eigenvalue weighted by molar-refractivity contribution is 5.85. The molecular formula is C17H26Cl2N2O2. The number of hydrogen-bond donors (Lipinski definition) is 0. The summed E-state index contributed by atoms with van der Waals surface area (Å²) in [6, 6.07) is 8.77. The summed E-state index contributed by atoms with van der Waals surface area (Å²) >= 11 is 0. The summed E-state index contributed by atoms with van der Waals surface area (Å²) in [4.78, 5) is 4.95. The Labute approximate surface area is 150 Å². The van der Waals surface area contributed by atoms with Crippen LogP contribution in [0.15, 0.2) is 33.1 Å². The van der Waals surface area contributed by atoms with Crippen molar-refractivity contribution in [3.63, 3.8) is 0 Å². The molecule has 4 nitrogen and oxygen atoms in total. The van der Waals surface area contributed by atoms with Crippen molar-refractivity contribution in [2.75, 3.05) is 19.6 Å². The molecule has 1 unspecified atom stereocenters. The fraction of sp³-hybridized carbons (Fsp3) is 0.529. The van der Waals surface area contributed by atoms with Crippen molar-refractivity contribution in [1.29, 1.82) is 0 Å². The maximum Gasteiger partial charge on any atom is 0.118 e. The lowest BCUT2D eigenvalue weighted by Crippen LogP contribution is -2.50. The largest absolute Gasteiger partial charge is 0.465 e. The zero-order valence-electron chi connectivity index (χ0n) is 13.9. The summed E-state index contributed by atoms with van der Waals surface area (Å²) in [6.07, 6.45) is 0. The van der Waals surface area contributed by atoms with Crippen LogP contribution in [0, 0.1) is 13.8 Å². The molecule has 0 aromatic carbocycles. The lowest BCUT2D eigenvalue weighted by atomic mass is 10.1. The second-order valence-electron chi connectivity index (χ2n) is 6.08. The Morgan fingerprint density at radius 2 is 1.48 bits per heavy atom. The van der Waals surface area contributed by atoms with Gasteiger partial charge in [-0.3, -0.25) is 9.80 Å². The van der Waals surface area contributed by atoms with Gasteiger partial charge in [0, 0.05) is 25.7 Å². The smallest absolute Gasteiger partial charge is 0.118 e. The Morgan fingerprint density at radius 3 is 1.96 bits per heavy atom. The minimum Gasteiger partial charge on any atom is -0.465 e. The SMILES string of the molecule is Cc1ccc(CN2CCN(Cc3ccc(C)o3)C(C)C2)o1.Cl.Cl. The lowest BCUT2D eigenvalue weighted by molar-refractivity contribution is 0.0640. The van der Waals surface area contributed by atoms with E-state index in [1.807, 2.05) is 26.0 Å². The van der Waals surface area contributed by atoms with Crippen LogP contribution in [0.25, 0.3) is 0 Å². The van der Waals surface area contributed by atoms with Gasteiger partial charge in [0.15, 0.2) is 0 Å². The van der Waals surface area contributed by atoms with E-state index in [-0.39, 0.29) is 24.8 Å². The first kappa shape index (κ1) is 20.1. The van der Waals surface area contributed by atoms with Crippen LogP contribution >= 0.6 is 24.8 Å². The van der Waals surface area contributed by atoms with Crippen LogP contribution in [0.1, 0.15) is 30.0 Å². The van der Waals surface area contributed by atoms with E-state index in [1.165, 1.54) is 0 Å². The van der Waals surface area contributed by atoms with Crippen LogP contribution in [0.3, 0.4) is 0 Å². The monoisotopic (exact) mass is 360 g/mol. The zero-order chi connectivity index (χ0) is 14.8. The van der Waals surface area contributed by atoms with E-state index in [9.17, 15) is 0 Å². The van der Waals surface area contributed by atoms with Crippen molar-refractivity contribution < 1.29 is 8.83 Å². The van der Waals surface area contributed by atoms with E-state index >= 15 is 0 Å². The molecule has 1 saturated heterocycles. The first-order valence-electron chi connectivity index (χ1n) is 7.67. The summed E-state index contributed by atoms with van der Waals surface area (Å²) < 4.78 is 11.4. The molecule has 0 saturated carbocycles.